The van der Waals surface area contributed by atoms with Crippen LogP contribution in [0.4, 0.5) is 15.8 Å². The second-order valence-corrected chi connectivity index (χ2v) is 6.13. The average molecular weight is 310 g/mol. The molecule has 21 heavy (non-hydrogen) atoms. The van der Waals surface area contributed by atoms with Gasteiger partial charge in [-0.15, -0.1) is 0 Å². The molecule has 0 fully saturated rings. The first-order valence-electron chi connectivity index (χ1n) is 6.06. The van der Waals surface area contributed by atoms with Gasteiger partial charge in [0.25, 0.3) is 10.0 Å². The maximum atomic E-state index is 13.5. The quantitative estimate of drug-likeness (QED) is 0.850. The zero-order chi connectivity index (χ0) is 15.6. The maximum absolute atomic E-state index is 13.5. The van der Waals surface area contributed by atoms with Crippen molar-refractivity contribution in [1.82, 2.24) is 0 Å². The number of nitrogens with one attached hydrogen (secondary N) is 1. The van der Waals surface area contributed by atoms with Crippen LogP contribution >= 0.6 is 0 Å². The van der Waals surface area contributed by atoms with Gasteiger partial charge in [-0.1, -0.05) is 12.1 Å². The molecule has 0 saturated carbocycles. The molecule has 0 aliphatic heterocycles. The molecule has 0 unspecified atom stereocenters. The molecule has 112 valence electrons. The van der Waals surface area contributed by atoms with Crippen LogP contribution in [0, 0.1) is 12.7 Å². The van der Waals surface area contributed by atoms with E-state index in [-0.39, 0.29) is 16.1 Å². The molecule has 0 aliphatic rings. The number of ether oxygens (including phenoxy) is 1. The van der Waals surface area contributed by atoms with Crippen LogP contribution in [0.1, 0.15) is 5.56 Å². The number of para-hydroxylation sites is 2. The Morgan fingerprint density at radius 2 is 1.90 bits per heavy atom. The van der Waals surface area contributed by atoms with Gasteiger partial charge in [0.1, 0.15) is 11.6 Å². The topological polar surface area (TPSA) is 81.4 Å². The summed E-state index contributed by atoms with van der Waals surface area (Å²) in [6, 6.07) is 8.89. The summed E-state index contributed by atoms with van der Waals surface area (Å²) in [6.07, 6.45) is 0. The van der Waals surface area contributed by atoms with Gasteiger partial charge in [-0.3, -0.25) is 4.72 Å². The van der Waals surface area contributed by atoms with E-state index >= 15 is 0 Å². The van der Waals surface area contributed by atoms with Crippen molar-refractivity contribution in [1.29, 1.82) is 0 Å². The fraction of sp³-hybridized carbons (Fsp3) is 0.143. The van der Waals surface area contributed by atoms with Crippen molar-refractivity contribution < 1.29 is 17.5 Å². The highest BCUT2D eigenvalue weighted by Gasteiger charge is 2.19. The van der Waals surface area contributed by atoms with Crippen LogP contribution in [-0.2, 0) is 10.0 Å². The lowest BCUT2D eigenvalue weighted by Gasteiger charge is -2.12. The zero-order valence-corrected chi connectivity index (χ0v) is 12.4. The van der Waals surface area contributed by atoms with Crippen molar-refractivity contribution in [2.75, 3.05) is 17.6 Å². The molecule has 0 radical (unpaired) electrons. The molecule has 0 atom stereocenters. The summed E-state index contributed by atoms with van der Waals surface area (Å²) in [5.74, 6) is -0.237. The van der Waals surface area contributed by atoms with E-state index in [1.165, 1.54) is 20.1 Å². The van der Waals surface area contributed by atoms with E-state index in [1.54, 1.807) is 24.3 Å². The lowest BCUT2D eigenvalue weighted by molar-refractivity contribution is 0.417. The molecular weight excluding hydrogens is 295 g/mol. The van der Waals surface area contributed by atoms with Crippen LogP contribution in [0.15, 0.2) is 41.3 Å². The average Bonchev–Trinajstić information content (AvgIpc) is 2.44. The van der Waals surface area contributed by atoms with Crippen LogP contribution in [0.2, 0.25) is 0 Å². The molecule has 0 spiro atoms. The van der Waals surface area contributed by atoms with Crippen molar-refractivity contribution >= 4 is 21.4 Å². The van der Waals surface area contributed by atoms with E-state index in [1.807, 2.05) is 0 Å². The highest BCUT2D eigenvalue weighted by atomic mass is 32.2. The van der Waals surface area contributed by atoms with E-state index in [9.17, 15) is 12.8 Å². The smallest absolute Gasteiger partial charge is 0.262 e. The Bertz CT molecular complexity index is 753. The summed E-state index contributed by atoms with van der Waals surface area (Å²) in [7, 11) is -2.45. The molecule has 0 aliphatic carbocycles. The van der Waals surface area contributed by atoms with Crippen LogP contribution < -0.4 is 15.2 Å². The van der Waals surface area contributed by atoms with Gasteiger partial charge < -0.3 is 10.5 Å². The minimum absolute atomic E-state index is 0.107. The number of hydrogen-bond donors (Lipinski definition) is 2. The standard InChI is InChI=1S/C14H15FN2O3S/c1-9-7-10(8-11(16)14(9)15)21(18,19)17-12-5-3-4-6-13(12)20-2/h3-8,17H,16H2,1-2H3. The highest BCUT2D eigenvalue weighted by molar-refractivity contribution is 7.92. The molecule has 2 aromatic rings. The van der Waals surface area contributed by atoms with Gasteiger partial charge in [0.05, 0.1) is 23.4 Å². The third kappa shape index (κ3) is 3.08. The molecule has 0 aromatic heterocycles. The Kier molecular flexibility index (Phi) is 4.04. The molecule has 0 amide bonds. The van der Waals surface area contributed by atoms with Crippen molar-refractivity contribution in [3.05, 3.63) is 47.8 Å². The number of aryl methyl sites for hydroxylation is 1. The predicted octanol–water partition coefficient (Wildman–Crippen LogP) is 2.53. The number of nitrogen functional groups attached to an aromatic ring is 1. The van der Waals surface area contributed by atoms with Crippen LogP contribution in [0.5, 0.6) is 5.75 Å². The van der Waals surface area contributed by atoms with Gasteiger partial charge in [-0.05, 0) is 36.8 Å². The first kappa shape index (κ1) is 15.1. The summed E-state index contributed by atoms with van der Waals surface area (Å²) < 4.78 is 45.6. The number of rotatable bonds is 4. The van der Waals surface area contributed by atoms with Crippen LogP contribution in [-0.4, -0.2) is 15.5 Å². The number of anilines is 2. The van der Waals surface area contributed by atoms with Crippen molar-refractivity contribution in [2.45, 2.75) is 11.8 Å². The minimum atomic E-state index is -3.88. The largest absolute Gasteiger partial charge is 0.495 e. The zero-order valence-electron chi connectivity index (χ0n) is 11.6. The minimum Gasteiger partial charge on any atom is -0.495 e. The lowest BCUT2D eigenvalue weighted by Crippen LogP contribution is -2.14. The Labute approximate surface area is 122 Å². The summed E-state index contributed by atoms with van der Waals surface area (Å²) >= 11 is 0. The Morgan fingerprint density at radius 1 is 1.24 bits per heavy atom. The number of methoxy groups -OCH3 is 1. The summed E-state index contributed by atoms with van der Waals surface area (Å²) in [5.41, 5.74) is 5.72. The number of hydrogen-bond acceptors (Lipinski definition) is 4. The van der Waals surface area contributed by atoms with Crippen LogP contribution in [0.25, 0.3) is 0 Å². The monoisotopic (exact) mass is 310 g/mol. The van der Waals surface area contributed by atoms with Crippen LogP contribution in [0.3, 0.4) is 0 Å². The molecule has 7 heteroatoms. The van der Waals surface area contributed by atoms with Gasteiger partial charge >= 0.3 is 0 Å². The molecule has 0 heterocycles. The number of halogens is 1. The molecule has 0 bridgehead atoms. The lowest BCUT2D eigenvalue weighted by atomic mass is 10.2. The third-order valence-electron chi connectivity index (χ3n) is 2.92. The summed E-state index contributed by atoms with van der Waals surface area (Å²) in [4.78, 5) is -0.107. The molecule has 2 aromatic carbocycles. The van der Waals surface area contributed by atoms with Gasteiger partial charge in [0, 0.05) is 0 Å². The van der Waals surface area contributed by atoms with Crippen molar-refractivity contribution in [2.24, 2.45) is 0 Å². The SMILES string of the molecule is COc1ccccc1NS(=O)(=O)c1cc(C)c(F)c(N)c1. The maximum Gasteiger partial charge on any atom is 0.262 e. The van der Waals surface area contributed by atoms with E-state index in [2.05, 4.69) is 4.72 Å². The van der Waals surface area contributed by atoms with E-state index in [0.29, 0.717) is 11.4 Å². The molecule has 5 nitrogen and oxygen atoms in total. The molecular formula is C14H15FN2O3S. The van der Waals surface area contributed by atoms with Crippen molar-refractivity contribution in [3.8, 4) is 5.75 Å². The first-order chi connectivity index (χ1) is 9.85. The third-order valence-corrected chi connectivity index (χ3v) is 4.26. The Balaban J connectivity index is 2.44. The summed E-state index contributed by atoms with van der Waals surface area (Å²) in [6.45, 7) is 1.45. The predicted molar refractivity (Wildman–Crippen MR) is 79.4 cm³/mol. The van der Waals surface area contributed by atoms with E-state index in [0.717, 1.165) is 6.07 Å². The molecule has 0 saturated heterocycles. The van der Waals surface area contributed by atoms with Gasteiger partial charge in [-0.25, -0.2) is 12.8 Å². The highest BCUT2D eigenvalue weighted by Crippen LogP contribution is 2.27. The fourth-order valence-corrected chi connectivity index (χ4v) is 3.04. The second kappa shape index (κ2) is 5.61. The molecule has 3 N–H and O–H groups in total. The Morgan fingerprint density at radius 3 is 2.52 bits per heavy atom. The van der Waals surface area contributed by atoms with Gasteiger partial charge in [0.15, 0.2) is 0 Å². The summed E-state index contributed by atoms with van der Waals surface area (Å²) in [5, 5.41) is 0. The first-order valence-corrected chi connectivity index (χ1v) is 7.55. The van der Waals surface area contributed by atoms with E-state index in [4.69, 9.17) is 10.5 Å². The van der Waals surface area contributed by atoms with E-state index < -0.39 is 15.8 Å². The van der Waals surface area contributed by atoms with Gasteiger partial charge in [0.2, 0.25) is 0 Å². The second-order valence-electron chi connectivity index (χ2n) is 4.45. The number of nitrogens with two attached hydrogens (primary N) is 1. The Hall–Kier alpha value is -2.28. The molecule has 2 rings (SSSR count). The van der Waals surface area contributed by atoms with Crippen molar-refractivity contribution in [3.63, 3.8) is 0 Å². The fourth-order valence-electron chi connectivity index (χ4n) is 1.85. The normalized spacial score (nSPS) is 11.2. The number of sulfonamides is 1. The van der Waals surface area contributed by atoms with Gasteiger partial charge in [-0.2, -0.15) is 0 Å². The number of benzene rings is 2.